The number of aliphatic carboxylic acids is 2. The van der Waals surface area contributed by atoms with E-state index in [4.69, 9.17) is 14.9 Å². The molecule has 1 amide bonds. The van der Waals surface area contributed by atoms with Gasteiger partial charge in [0, 0.05) is 37.3 Å². The molecule has 2 aromatic rings. The van der Waals surface area contributed by atoms with Crippen molar-refractivity contribution in [2.45, 2.75) is 45.1 Å². The molecule has 38 heavy (non-hydrogen) atoms. The van der Waals surface area contributed by atoms with Gasteiger partial charge in [-0.05, 0) is 92.4 Å². The van der Waals surface area contributed by atoms with E-state index >= 15 is 0 Å². The third-order valence-electron chi connectivity index (χ3n) is 7.45. The number of rotatable bonds is 8. The molecule has 3 aliphatic rings. The number of piperidine rings is 1. The monoisotopic (exact) mass is 520 g/mol. The lowest BCUT2D eigenvalue weighted by Gasteiger charge is -2.33. The number of likely N-dealkylation sites (tertiary alicyclic amines) is 1. The van der Waals surface area contributed by atoms with Gasteiger partial charge in [0.25, 0.3) is 5.91 Å². The number of hydrogen-bond donors (Lipinski definition) is 2. The zero-order valence-electron chi connectivity index (χ0n) is 21.7. The van der Waals surface area contributed by atoms with Gasteiger partial charge in [0.1, 0.15) is 12.4 Å². The quantitative estimate of drug-likeness (QED) is 0.506. The zero-order valence-corrected chi connectivity index (χ0v) is 21.7. The molecule has 1 fully saturated rings. The molecule has 0 spiro atoms. The molecule has 202 valence electrons. The van der Waals surface area contributed by atoms with Gasteiger partial charge >= 0.3 is 11.9 Å². The van der Waals surface area contributed by atoms with Crippen LogP contribution in [-0.2, 0) is 29.0 Å². The lowest BCUT2D eigenvalue weighted by atomic mass is 9.92. The molecule has 1 aliphatic carbocycles. The number of ether oxygens (including phenoxy) is 1. The topological polar surface area (TPSA) is 107 Å². The molecule has 0 unspecified atom stereocenters. The lowest BCUT2D eigenvalue weighted by Crippen LogP contribution is -2.40. The van der Waals surface area contributed by atoms with Crippen LogP contribution in [0.4, 0.5) is 0 Å². The minimum atomic E-state index is -1.26. The Morgan fingerprint density at radius 1 is 0.921 bits per heavy atom. The summed E-state index contributed by atoms with van der Waals surface area (Å²) >= 11 is 0. The molecule has 8 heteroatoms. The molecule has 0 atom stereocenters. The highest BCUT2D eigenvalue weighted by Crippen LogP contribution is 2.27. The van der Waals surface area contributed by atoms with Crippen LogP contribution in [0.1, 0.15) is 52.7 Å². The Balaban J connectivity index is 0.000000368. The summed E-state index contributed by atoms with van der Waals surface area (Å²) in [5.41, 5.74) is 5.07. The van der Waals surface area contributed by atoms with Crippen LogP contribution in [-0.4, -0.2) is 70.6 Å². The van der Waals surface area contributed by atoms with Crippen molar-refractivity contribution in [2.24, 2.45) is 5.92 Å². The van der Waals surface area contributed by atoms with Crippen LogP contribution < -0.4 is 4.74 Å². The second-order valence-corrected chi connectivity index (χ2v) is 10.1. The third kappa shape index (κ3) is 7.68. The van der Waals surface area contributed by atoms with E-state index < -0.39 is 11.9 Å². The highest BCUT2D eigenvalue weighted by molar-refractivity contribution is 5.98. The molecule has 8 nitrogen and oxygen atoms in total. The minimum Gasteiger partial charge on any atom is -0.492 e. The molecule has 5 rings (SSSR count). The number of carboxylic acids is 2. The van der Waals surface area contributed by atoms with Crippen LogP contribution in [0.5, 0.6) is 5.75 Å². The van der Waals surface area contributed by atoms with Gasteiger partial charge in [0.2, 0.25) is 0 Å². The molecule has 0 aromatic heterocycles. The molecule has 1 saturated heterocycles. The number of benzene rings is 2. The number of nitrogens with zero attached hydrogens (tertiary/aromatic N) is 2. The SMILES string of the molecule is O=C(O)/C=C/C(=O)O.O=C1c2ccccc2CN1CC1CCN(CCOc2ccc3c(c2)CCCC3)CC1. The Labute approximate surface area is 223 Å². The van der Waals surface area contributed by atoms with Crippen molar-refractivity contribution in [1.29, 1.82) is 0 Å². The van der Waals surface area contributed by atoms with Crippen molar-refractivity contribution >= 4 is 17.8 Å². The molecule has 2 heterocycles. The van der Waals surface area contributed by atoms with Crippen LogP contribution >= 0.6 is 0 Å². The average molecular weight is 521 g/mol. The van der Waals surface area contributed by atoms with Crippen LogP contribution in [0.15, 0.2) is 54.6 Å². The largest absolute Gasteiger partial charge is 0.492 e. The van der Waals surface area contributed by atoms with Gasteiger partial charge < -0.3 is 19.8 Å². The van der Waals surface area contributed by atoms with E-state index in [9.17, 15) is 14.4 Å². The van der Waals surface area contributed by atoms with Crippen LogP contribution in [0.3, 0.4) is 0 Å². The van der Waals surface area contributed by atoms with Gasteiger partial charge in [-0.15, -0.1) is 0 Å². The van der Waals surface area contributed by atoms with Crippen LogP contribution in [0.25, 0.3) is 0 Å². The molecular formula is C30H36N2O6. The number of carbonyl (C=O) groups is 3. The zero-order chi connectivity index (χ0) is 26.9. The van der Waals surface area contributed by atoms with Gasteiger partial charge in [-0.25, -0.2) is 9.59 Å². The van der Waals surface area contributed by atoms with Crippen molar-refractivity contribution in [3.63, 3.8) is 0 Å². The standard InChI is InChI=1S/C26H32N2O2.C4H4O4/c29-26-25-8-4-3-7-23(25)19-28(26)18-20-11-13-27(14-12-20)15-16-30-24-10-9-21-5-1-2-6-22(21)17-24;5-3(6)1-2-4(7)8/h3-4,7-10,17,20H,1-2,5-6,11-16,18-19H2;1-2H,(H,5,6)(H,7,8)/b;2-1+. The predicted molar refractivity (Wildman–Crippen MR) is 143 cm³/mol. The fourth-order valence-electron chi connectivity index (χ4n) is 5.40. The maximum absolute atomic E-state index is 12.6. The minimum absolute atomic E-state index is 0.214. The van der Waals surface area contributed by atoms with Crippen molar-refractivity contribution in [3.05, 3.63) is 76.9 Å². The Hall–Kier alpha value is -3.65. The number of fused-ring (bicyclic) bond motifs is 2. The molecule has 0 radical (unpaired) electrons. The number of hydrogen-bond acceptors (Lipinski definition) is 5. The van der Waals surface area contributed by atoms with Gasteiger partial charge in [-0.3, -0.25) is 9.69 Å². The predicted octanol–water partition coefficient (Wildman–Crippen LogP) is 4.02. The lowest BCUT2D eigenvalue weighted by molar-refractivity contribution is -0.134. The Morgan fingerprint density at radius 2 is 1.61 bits per heavy atom. The maximum Gasteiger partial charge on any atom is 0.328 e. The molecule has 2 aromatic carbocycles. The van der Waals surface area contributed by atoms with Crippen molar-refractivity contribution in [3.8, 4) is 5.75 Å². The van der Waals surface area contributed by atoms with Gasteiger partial charge in [0.05, 0.1) is 0 Å². The fraction of sp³-hybridized carbons (Fsp3) is 0.433. The highest BCUT2D eigenvalue weighted by Gasteiger charge is 2.30. The summed E-state index contributed by atoms with van der Waals surface area (Å²) in [5.74, 6) is -0.662. The average Bonchev–Trinajstić information content (AvgIpc) is 3.24. The van der Waals surface area contributed by atoms with E-state index in [0.29, 0.717) is 18.1 Å². The normalized spacial score (nSPS) is 17.5. The Morgan fingerprint density at radius 3 is 2.29 bits per heavy atom. The van der Waals surface area contributed by atoms with Gasteiger partial charge in [-0.2, -0.15) is 0 Å². The van der Waals surface area contributed by atoms with Crippen molar-refractivity contribution < 1.29 is 29.3 Å². The summed E-state index contributed by atoms with van der Waals surface area (Å²) in [6.45, 7) is 5.62. The first-order chi connectivity index (χ1) is 18.4. The number of aryl methyl sites for hydroxylation is 2. The van der Waals surface area contributed by atoms with Crippen molar-refractivity contribution in [2.75, 3.05) is 32.8 Å². The molecule has 2 N–H and O–H groups in total. The van der Waals surface area contributed by atoms with E-state index in [1.807, 2.05) is 23.1 Å². The summed E-state index contributed by atoms with van der Waals surface area (Å²) in [5, 5.41) is 15.6. The number of carboxylic acid groups (broad SMARTS) is 2. The third-order valence-corrected chi connectivity index (χ3v) is 7.45. The first-order valence-corrected chi connectivity index (χ1v) is 13.4. The molecular weight excluding hydrogens is 484 g/mol. The van der Waals surface area contributed by atoms with E-state index in [2.05, 4.69) is 29.2 Å². The van der Waals surface area contributed by atoms with E-state index in [-0.39, 0.29) is 5.91 Å². The van der Waals surface area contributed by atoms with Crippen LogP contribution in [0.2, 0.25) is 0 Å². The summed E-state index contributed by atoms with van der Waals surface area (Å²) in [7, 11) is 0. The first kappa shape index (κ1) is 27.4. The smallest absolute Gasteiger partial charge is 0.328 e. The van der Waals surface area contributed by atoms with Gasteiger partial charge in [0.15, 0.2) is 0 Å². The maximum atomic E-state index is 12.6. The molecule has 2 aliphatic heterocycles. The summed E-state index contributed by atoms with van der Waals surface area (Å²) in [6.07, 6.45) is 8.50. The highest BCUT2D eigenvalue weighted by atomic mass is 16.5. The van der Waals surface area contributed by atoms with E-state index in [1.54, 1.807) is 0 Å². The Bertz CT molecular complexity index is 1150. The summed E-state index contributed by atoms with van der Waals surface area (Å²) < 4.78 is 6.06. The first-order valence-electron chi connectivity index (χ1n) is 13.4. The van der Waals surface area contributed by atoms with Crippen LogP contribution in [0, 0.1) is 5.92 Å². The van der Waals surface area contributed by atoms with Crippen molar-refractivity contribution in [1.82, 2.24) is 9.80 Å². The number of amides is 1. The Kier molecular flexibility index (Phi) is 9.54. The molecule has 0 bridgehead atoms. The number of carbonyl (C=O) groups excluding carboxylic acids is 1. The summed E-state index contributed by atoms with van der Waals surface area (Å²) in [6, 6.07) is 14.7. The molecule has 0 saturated carbocycles. The summed E-state index contributed by atoms with van der Waals surface area (Å²) in [4.78, 5) is 36.3. The van der Waals surface area contributed by atoms with E-state index in [1.165, 1.54) is 55.2 Å². The second-order valence-electron chi connectivity index (χ2n) is 10.1. The van der Waals surface area contributed by atoms with E-state index in [0.717, 1.165) is 50.6 Å². The fourth-order valence-corrected chi connectivity index (χ4v) is 5.40. The second kappa shape index (κ2) is 13.2. The van der Waals surface area contributed by atoms with Gasteiger partial charge in [-0.1, -0.05) is 24.3 Å².